The highest BCUT2D eigenvalue weighted by atomic mass is 79.9. The summed E-state index contributed by atoms with van der Waals surface area (Å²) >= 11 is 5.17. The van der Waals surface area contributed by atoms with Crippen molar-refractivity contribution in [1.29, 1.82) is 0 Å². The van der Waals surface area contributed by atoms with Gasteiger partial charge in [-0.25, -0.2) is 4.39 Å². The van der Waals surface area contributed by atoms with Crippen LogP contribution in [0.15, 0.2) is 52.3 Å². The van der Waals surface area contributed by atoms with Crippen molar-refractivity contribution in [3.05, 3.63) is 58.1 Å². The maximum atomic E-state index is 13.1. The predicted molar refractivity (Wildman–Crippen MR) is 119 cm³/mol. The molecule has 2 aromatic carbocycles. The molecule has 0 saturated carbocycles. The Bertz CT molecular complexity index is 924. The molecule has 0 radical (unpaired) electrons. The Morgan fingerprint density at radius 1 is 1.04 bits per heavy atom. The predicted octanol–water partition coefficient (Wildman–Crippen LogP) is 5.78. The lowest BCUT2D eigenvalue weighted by Crippen LogP contribution is -2.46. The van der Waals surface area contributed by atoms with E-state index in [0.29, 0.717) is 16.8 Å². The summed E-state index contributed by atoms with van der Waals surface area (Å²) in [6.45, 7) is 6.12. The minimum atomic E-state index is -0.256. The number of rotatable bonds is 7. The fourth-order valence-corrected chi connectivity index (χ4v) is 5.06. The monoisotopic (exact) mass is 462 g/mol. The third kappa shape index (κ3) is 4.67. The van der Waals surface area contributed by atoms with Crippen LogP contribution in [0, 0.1) is 5.82 Å². The third-order valence-electron chi connectivity index (χ3n) is 5.19. The number of benzene rings is 2. The van der Waals surface area contributed by atoms with Gasteiger partial charge in [-0.05, 0) is 76.4 Å². The van der Waals surface area contributed by atoms with Gasteiger partial charge in [0.25, 0.3) is 0 Å². The maximum absolute atomic E-state index is 13.1. The minimum absolute atomic E-state index is 0.256. The molecule has 1 aliphatic heterocycles. The standard InChI is InChI=1S/C22H24BrFN2OS/c23-19-16-18(24)6-7-21(19)27-14-2-1-9-25-10-12-26(13-11-25)20-5-3-4-17-8-15-28-22(17)20/h3-8,15-16H,1-2,9-14H2. The maximum Gasteiger partial charge on any atom is 0.133 e. The molecule has 4 rings (SSSR count). The van der Waals surface area contributed by atoms with E-state index in [9.17, 15) is 4.39 Å². The zero-order valence-corrected chi connectivity index (χ0v) is 18.1. The fourth-order valence-electron chi connectivity index (χ4n) is 3.65. The van der Waals surface area contributed by atoms with E-state index in [2.05, 4.69) is 55.4 Å². The highest BCUT2D eigenvalue weighted by Gasteiger charge is 2.18. The molecule has 3 aromatic rings. The van der Waals surface area contributed by atoms with Gasteiger partial charge in [-0.15, -0.1) is 11.3 Å². The minimum Gasteiger partial charge on any atom is -0.492 e. The molecule has 0 N–H and O–H groups in total. The number of hydrogen-bond donors (Lipinski definition) is 0. The number of hydrogen-bond acceptors (Lipinski definition) is 4. The summed E-state index contributed by atoms with van der Waals surface area (Å²) in [7, 11) is 0. The number of anilines is 1. The van der Waals surface area contributed by atoms with Gasteiger partial charge in [0.05, 0.1) is 21.5 Å². The Morgan fingerprint density at radius 2 is 1.89 bits per heavy atom. The van der Waals surface area contributed by atoms with Gasteiger partial charge in [0.1, 0.15) is 11.6 Å². The number of fused-ring (bicyclic) bond motifs is 1. The molecule has 0 amide bonds. The molecule has 0 aliphatic carbocycles. The van der Waals surface area contributed by atoms with Crippen molar-refractivity contribution >= 4 is 43.0 Å². The molecule has 1 aromatic heterocycles. The molecule has 148 valence electrons. The van der Waals surface area contributed by atoms with Crippen LogP contribution in [0.3, 0.4) is 0 Å². The van der Waals surface area contributed by atoms with Gasteiger partial charge >= 0.3 is 0 Å². The van der Waals surface area contributed by atoms with Crippen molar-refractivity contribution in [2.75, 3.05) is 44.2 Å². The second kappa shape index (κ2) is 9.25. The Labute approximate surface area is 177 Å². The molecule has 2 heterocycles. The topological polar surface area (TPSA) is 15.7 Å². The summed E-state index contributed by atoms with van der Waals surface area (Å²) in [4.78, 5) is 5.06. The quantitative estimate of drug-likeness (QED) is 0.413. The molecule has 0 bridgehead atoms. The van der Waals surface area contributed by atoms with Gasteiger partial charge in [0, 0.05) is 26.2 Å². The summed E-state index contributed by atoms with van der Waals surface area (Å²) in [5.41, 5.74) is 1.38. The Hall–Kier alpha value is -1.63. The van der Waals surface area contributed by atoms with E-state index in [1.54, 1.807) is 6.07 Å². The summed E-state index contributed by atoms with van der Waals surface area (Å²) in [6, 6.07) is 13.3. The van der Waals surface area contributed by atoms with Crippen molar-refractivity contribution in [1.82, 2.24) is 4.90 Å². The molecule has 28 heavy (non-hydrogen) atoms. The fraction of sp³-hybridized carbons (Fsp3) is 0.364. The van der Waals surface area contributed by atoms with Gasteiger partial charge in [0.2, 0.25) is 0 Å². The summed E-state index contributed by atoms with van der Waals surface area (Å²) < 4.78 is 20.9. The molecule has 0 unspecified atom stereocenters. The van der Waals surface area contributed by atoms with E-state index in [1.807, 2.05) is 11.3 Å². The van der Waals surface area contributed by atoms with Crippen LogP contribution in [0.1, 0.15) is 12.8 Å². The van der Waals surface area contributed by atoms with Crippen molar-refractivity contribution < 1.29 is 9.13 Å². The SMILES string of the molecule is Fc1ccc(OCCCCN2CCN(c3cccc4ccsc34)CC2)c(Br)c1. The van der Waals surface area contributed by atoms with Gasteiger partial charge in [-0.1, -0.05) is 12.1 Å². The van der Waals surface area contributed by atoms with E-state index >= 15 is 0 Å². The van der Waals surface area contributed by atoms with Gasteiger partial charge < -0.3 is 9.64 Å². The van der Waals surface area contributed by atoms with Crippen LogP contribution in [0.5, 0.6) is 5.75 Å². The lowest BCUT2D eigenvalue weighted by Gasteiger charge is -2.36. The van der Waals surface area contributed by atoms with E-state index in [-0.39, 0.29) is 5.82 Å². The zero-order valence-electron chi connectivity index (χ0n) is 15.7. The van der Waals surface area contributed by atoms with Crippen molar-refractivity contribution in [3.63, 3.8) is 0 Å². The lowest BCUT2D eigenvalue weighted by atomic mass is 10.2. The van der Waals surface area contributed by atoms with E-state index < -0.39 is 0 Å². The molecule has 6 heteroatoms. The van der Waals surface area contributed by atoms with Crippen LogP contribution in [-0.4, -0.2) is 44.2 Å². The van der Waals surface area contributed by atoms with Crippen LogP contribution >= 0.6 is 27.3 Å². The molecular formula is C22H24BrFN2OS. The van der Waals surface area contributed by atoms with E-state index in [1.165, 1.54) is 27.9 Å². The smallest absolute Gasteiger partial charge is 0.133 e. The molecule has 0 spiro atoms. The normalized spacial score (nSPS) is 15.3. The third-order valence-corrected chi connectivity index (χ3v) is 6.76. The highest BCUT2D eigenvalue weighted by Crippen LogP contribution is 2.32. The molecule has 1 fully saturated rings. The second-order valence-electron chi connectivity index (χ2n) is 7.08. The molecule has 3 nitrogen and oxygen atoms in total. The van der Waals surface area contributed by atoms with Gasteiger partial charge in [-0.2, -0.15) is 0 Å². The van der Waals surface area contributed by atoms with Crippen molar-refractivity contribution in [3.8, 4) is 5.75 Å². The first-order valence-corrected chi connectivity index (χ1v) is 11.4. The van der Waals surface area contributed by atoms with Crippen LogP contribution < -0.4 is 9.64 Å². The lowest BCUT2D eigenvalue weighted by molar-refractivity contribution is 0.238. The van der Waals surface area contributed by atoms with Crippen molar-refractivity contribution in [2.24, 2.45) is 0 Å². The van der Waals surface area contributed by atoms with Crippen LogP contribution in [0.25, 0.3) is 10.1 Å². The molecule has 1 saturated heterocycles. The zero-order chi connectivity index (χ0) is 19.3. The Balaban J connectivity index is 1.18. The van der Waals surface area contributed by atoms with E-state index in [4.69, 9.17) is 4.74 Å². The number of ether oxygens (including phenoxy) is 1. The number of thiophene rings is 1. The van der Waals surface area contributed by atoms with Crippen LogP contribution in [-0.2, 0) is 0 Å². The van der Waals surface area contributed by atoms with E-state index in [0.717, 1.165) is 45.6 Å². The average Bonchev–Trinajstić information content (AvgIpc) is 3.19. The molecule has 0 atom stereocenters. The first-order valence-electron chi connectivity index (χ1n) is 9.72. The number of unbranched alkanes of at least 4 members (excludes halogenated alkanes) is 1. The highest BCUT2D eigenvalue weighted by molar-refractivity contribution is 9.10. The largest absolute Gasteiger partial charge is 0.492 e. The first kappa shape index (κ1) is 19.7. The summed E-state index contributed by atoms with van der Waals surface area (Å²) in [5.74, 6) is 0.450. The number of nitrogens with zero attached hydrogens (tertiary/aromatic N) is 2. The molecule has 1 aliphatic rings. The second-order valence-corrected chi connectivity index (χ2v) is 8.85. The summed E-state index contributed by atoms with van der Waals surface area (Å²) in [6.07, 6.45) is 2.11. The van der Waals surface area contributed by atoms with Crippen LogP contribution in [0.2, 0.25) is 0 Å². The van der Waals surface area contributed by atoms with Gasteiger partial charge in [0.15, 0.2) is 0 Å². The Morgan fingerprint density at radius 3 is 2.71 bits per heavy atom. The summed E-state index contributed by atoms with van der Waals surface area (Å²) in [5, 5.41) is 3.52. The van der Waals surface area contributed by atoms with Gasteiger partial charge in [-0.3, -0.25) is 4.90 Å². The van der Waals surface area contributed by atoms with Crippen molar-refractivity contribution in [2.45, 2.75) is 12.8 Å². The number of piperazine rings is 1. The Kier molecular flexibility index (Phi) is 6.50. The molecular weight excluding hydrogens is 439 g/mol. The average molecular weight is 463 g/mol. The van der Waals surface area contributed by atoms with Crippen LogP contribution in [0.4, 0.5) is 10.1 Å². The first-order chi connectivity index (χ1) is 13.7. The number of halogens is 2.